The van der Waals surface area contributed by atoms with Crippen molar-refractivity contribution in [2.75, 3.05) is 0 Å². The first kappa shape index (κ1) is 8.62. The van der Waals surface area contributed by atoms with E-state index < -0.39 is 0 Å². The summed E-state index contributed by atoms with van der Waals surface area (Å²) in [6, 6.07) is 7.93. The Morgan fingerprint density at radius 3 is 2.73 bits per heavy atom. The van der Waals surface area contributed by atoms with E-state index in [1.165, 1.54) is 0 Å². The second kappa shape index (κ2) is 3.17. The number of benzene rings is 1. The zero-order valence-electron chi connectivity index (χ0n) is 7.86. The van der Waals surface area contributed by atoms with Gasteiger partial charge in [-0.05, 0) is 12.1 Å². The molecule has 1 atom stereocenters. The van der Waals surface area contributed by atoms with E-state index in [1.54, 1.807) is 0 Å². The molecule has 0 aliphatic carbocycles. The summed E-state index contributed by atoms with van der Waals surface area (Å²) < 4.78 is 0. The molecular weight excluding hydrogens is 207 g/mol. The molecule has 0 fully saturated rings. The van der Waals surface area contributed by atoms with E-state index in [4.69, 9.17) is 0 Å². The van der Waals surface area contributed by atoms with Crippen molar-refractivity contribution in [3.8, 4) is 11.5 Å². The Kier molecular flexibility index (Phi) is 1.82. The molecule has 0 aliphatic rings. The van der Waals surface area contributed by atoms with E-state index >= 15 is 0 Å². The van der Waals surface area contributed by atoms with Gasteiger partial charge in [0.05, 0.1) is 11.0 Å². The number of nitrogens with zero attached hydrogens (tertiary/aromatic N) is 2. The lowest BCUT2D eigenvalue weighted by atomic mass is 10.3. The minimum absolute atomic E-state index is 0.793. The van der Waals surface area contributed by atoms with Gasteiger partial charge in [0.25, 0.3) is 0 Å². The number of rotatable bonds is 1. The number of aromatic nitrogens is 4. The molecule has 74 valence electrons. The SMILES string of the molecule is Pc1nc(-c2nc3ccccc3[nH]2)c[nH]1. The fourth-order valence-electron chi connectivity index (χ4n) is 1.53. The standard InChI is InChI=1S/C10H9N4P/c15-10-11-5-8(14-10)9-12-6-3-1-2-4-7(6)13-9/h1-5H,15H2,(H,11,14)(H,12,13). The minimum Gasteiger partial charge on any atom is -0.345 e. The highest BCUT2D eigenvalue weighted by atomic mass is 31.0. The summed E-state index contributed by atoms with van der Waals surface area (Å²) in [6.45, 7) is 0. The highest BCUT2D eigenvalue weighted by molar-refractivity contribution is 7.26. The van der Waals surface area contributed by atoms with Crippen molar-refractivity contribution in [2.45, 2.75) is 0 Å². The molecule has 4 nitrogen and oxygen atoms in total. The van der Waals surface area contributed by atoms with Crippen LogP contribution in [-0.2, 0) is 0 Å². The molecule has 15 heavy (non-hydrogen) atoms. The fourth-order valence-corrected chi connectivity index (χ4v) is 1.75. The smallest absolute Gasteiger partial charge is 0.158 e. The molecule has 5 heteroatoms. The van der Waals surface area contributed by atoms with Crippen molar-refractivity contribution in [2.24, 2.45) is 0 Å². The number of para-hydroxylation sites is 2. The van der Waals surface area contributed by atoms with Crippen LogP contribution in [0.3, 0.4) is 0 Å². The monoisotopic (exact) mass is 216 g/mol. The molecule has 1 aromatic carbocycles. The van der Waals surface area contributed by atoms with Gasteiger partial charge in [-0.15, -0.1) is 0 Å². The first-order valence-corrected chi connectivity index (χ1v) is 5.17. The molecule has 0 saturated carbocycles. The fraction of sp³-hybridized carbons (Fsp3) is 0. The summed E-state index contributed by atoms with van der Waals surface area (Å²) in [5.74, 6) is 0.793. The van der Waals surface area contributed by atoms with Gasteiger partial charge in [0.1, 0.15) is 11.3 Å². The topological polar surface area (TPSA) is 57.4 Å². The summed E-state index contributed by atoms with van der Waals surface area (Å²) in [6.07, 6.45) is 1.83. The quantitative estimate of drug-likeness (QED) is 0.605. The molecule has 1 unspecified atom stereocenters. The number of hydrogen-bond acceptors (Lipinski definition) is 2. The van der Waals surface area contributed by atoms with Crippen molar-refractivity contribution >= 4 is 25.8 Å². The van der Waals surface area contributed by atoms with Crippen LogP contribution >= 0.6 is 9.24 Å². The first-order chi connectivity index (χ1) is 7.33. The second-order valence-corrected chi connectivity index (χ2v) is 3.82. The minimum atomic E-state index is 0.793. The molecule has 2 aromatic heterocycles. The lowest BCUT2D eigenvalue weighted by Crippen LogP contribution is -1.92. The van der Waals surface area contributed by atoms with Crippen LogP contribution in [0.5, 0.6) is 0 Å². The largest absolute Gasteiger partial charge is 0.345 e. The lowest BCUT2D eigenvalue weighted by Gasteiger charge is -1.85. The van der Waals surface area contributed by atoms with E-state index in [0.717, 1.165) is 28.1 Å². The number of imidazole rings is 2. The first-order valence-electron chi connectivity index (χ1n) is 4.59. The van der Waals surface area contributed by atoms with Crippen molar-refractivity contribution in [1.82, 2.24) is 19.9 Å². The van der Waals surface area contributed by atoms with Crippen LogP contribution in [0.25, 0.3) is 22.6 Å². The predicted octanol–water partition coefficient (Wildman–Crippen LogP) is 1.45. The third-order valence-electron chi connectivity index (χ3n) is 2.23. The van der Waals surface area contributed by atoms with E-state index in [-0.39, 0.29) is 0 Å². The van der Waals surface area contributed by atoms with Crippen LogP contribution in [-0.4, -0.2) is 19.9 Å². The highest BCUT2D eigenvalue weighted by Crippen LogP contribution is 2.17. The van der Waals surface area contributed by atoms with Gasteiger partial charge in [0.2, 0.25) is 0 Å². The molecule has 0 radical (unpaired) electrons. The third kappa shape index (κ3) is 1.43. The number of hydrogen-bond donors (Lipinski definition) is 2. The van der Waals surface area contributed by atoms with Gasteiger partial charge in [0.15, 0.2) is 5.82 Å². The van der Waals surface area contributed by atoms with E-state index in [2.05, 4.69) is 29.2 Å². The maximum Gasteiger partial charge on any atom is 0.158 e. The maximum absolute atomic E-state index is 4.45. The van der Waals surface area contributed by atoms with Gasteiger partial charge in [0, 0.05) is 6.20 Å². The summed E-state index contributed by atoms with van der Waals surface area (Å²) in [4.78, 5) is 15.0. The van der Waals surface area contributed by atoms with E-state index in [9.17, 15) is 0 Å². The highest BCUT2D eigenvalue weighted by Gasteiger charge is 2.06. The second-order valence-electron chi connectivity index (χ2n) is 3.27. The van der Waals surface area contributed by atoms with Gasteiger partial charge < -0.3 is 9.97 Å². The Labute approximate surface area is 88.4 Å². The Hall–Kier alpha value is -1.67. The Bertz CT molecular complexity index is 577. The van der Waals surface area contributed by atoms with Crippen molar-refractivity contribution in [3.05, 3.63) is 30.5 Å². The normalized spacial score (nSPS) is 11.0. The summed E-state index contributed by atoms with van der Waals surface area (Å²) >= 11 is 0. The van der Waals surface area contributed by atoms with Gasteiger partial charge in [-0.1, -0.05) is 21.4 Å². The van der Waals surface area contributed by atoms with Crippen molar-refractivity contribution < 1.29 is 0 Å². The van der Waals surface area contributed by atoms with Crippen LogP contribution in [0, 0.1) is 0 Å². The Morgan fingerprint density at radius 2 is 2.00 bits per heavy atom. The molecule has 0 saturated heterocycles. The Morgan fingerprint density at radius 1 is 1.13 bits per heavy atom. The van der Waals surface area contributed by atoms with Crippen LogP contribution in [0.1, 0.15) is 0 Å². The summed E-state index contributed by atoms with van der Waals surface area (Å²) in [5, 5.41) is 0. The van der Waals surface area contributed by atoms with Gasteiger partial charge in [-0.3, -0.25) is 0 Å². The predicted molar refractivity (Wildman–Crippen MR) is 63.0 cm³/mol. The average Bonchev–Trinajstić information content (AvgIpc) is 2.82. The molecule has 3 rings (SSSR count). The summed E-state index contributed by atoms with van der Waals surface area (Å²) in [5.41, 5.74) is 3.63. The van der Waals surface area contributed by atoms with Gasteiger partial charge >= 0.3 is 0 Å². The Balaban J connectivity index is 2.19. The molecule has 2 heterocycles. The van der Waals surface area contributed by atoms with Crippen LogP contribution in [0.2, 0.25) is 0 Å². The van der Waals surface area contributed by atoms with Gasteiger partial charge in [-0.25, -0.2) is 9.97 Å². The number of aromatic amines is 2. The average molecular weight is 216 g/mol. The zero-order valence-corrected chi connectivity index (χ0v) is 9.01. The molecule has 0 aliphatic heterocycles. The molecule has 3 aromatic rings. The molecular formula is C10H9N4P. The van der Waals surface area contributed by atoms with Crippen LogP contribution < -0.4 is 5.57 Å². The van der Waals surface area contributed by atoms with Crippen molar-refractivity contribution in [3.63, 3.8) is 0 Å². The molecule has 0 amide bonds. The van der Waals surface area contributed by atoms with Crippen LogP contribution in [0.15, 0.2) is 30.5 Å². The lowest BCUT2D eigenvalue weighted by molar-refractivity contribution is 1.29. The number of nitrogens with one attached hydrogen (secondary N) is 2. The molecule has 0 bridgehead atoms. The maximum atomic E-state index is 4.45. The van der Waals surface area contributed by atoms with Gasteiger partial charge in [-0.2, -0.15) is 0 Å². The van der Waals surface area contributed by atoms with E-state index in [1.807, 2.05) is 30.5 Å². The number of fused-ring (bicyclic) bond motifs is 1. The molecule has 0 spiro atoms. The summed E-state index contributed by atoms with van der Waals surface area (Å²) in [7, 11) is 2.52. The third-order valence-corrected chi connectivity index (χ3v) is 2.53. The zero-order chi connectivity index (χ0) is 10.3. The van der Waals surface area contributed by atoms with Crippen LogP contribution in [0.4, 0.5) is 0 Å². The molecule has 2 N–H and O–H groups in total. The van der Waals surface area contributed by atoms with E-state index in [0.29, 0.717) is 0 Å². The van der Waals surface area contributed by atoms with Crippen molar-refractivity contribution in [1.29, 1.82) is 0 Å². The number of H-pyrrole nitrogens is 2.